The minimum atomic E-state index is -1.29. The van der Waals surface area contributed by atoms with Crippen LogP contribution < -0.4 is 21.4 Å². The average Bonchev–Trinajstić information content (AvgIpc) is 2.86. The molecule has 9 nitrogen and oxygen atoms in total. The molecule has 2 atom stereocenters. The Kier molecular flexibility index (Phi) is 11.4. The molecule has 0 unspecified atom stereocenters. The second-order valence-corrected chi connectivity index (χ2v) is 8.00. The van der Waals surface area contributed by atoms with E-state index in [0.717, 1.165) is 31.4 Å². The fourth-order valence-electron chi connectivity index (χ4n) is 3.09. The molecule has 0 aromatic heterocycles. The van der Waals surface area contributed by atoms with Gasteiger partial charge < -0.3 is 21.1 Å². The average molecular weight is 481 g/mol. The molecule has 35 heavy (non-hydrogen) atoms. The van der Waals surface area contributed by atoms with Crippen molar-refractivity contribution in [1.29, 1.82) is 0 Å². The molecule has 9 heteroatoms. The molecular formula is C26H32N4O5. The lowest BCUT2D eigenvalue weighted by molar-refractivity contribution is -0.133. The van der Waals surface area contributed by atoms with Crippen LogP contribution >= 0.6 is 0 Å². The summed E-state index contributed by atoms with van der Waals surface area (Å²) >= 11 is 0. The Morgan fingerprint density at radius 2 is 1.54 bits per heavy atom. The monoisotopic (exact) mass is 480 g/mol. The highest BCUT2D eigenvalue weighted by atomic mass is 16.5. The van der Waals surface area contributed by atoms with Crippen molar-refractivity contribution in [2.24, 2.45) is 0 Å². The van der Waals surface area contributed by atoms with Gasteiger partial charge in [-0.3, -0.25) is 19.6 Å². The number of benzene rings is 2. The minimum absolute atomic E-state index is 0.0961. The highest BCUT2D eigenvalue weighted by Gasteiger charge is 2.25. The molecule has 0 fully saturated rings. The molecule has 2 aromatic carbocycles. The van der Waals surface area contributed by atoms with E-state index in [2.05, 4.69) is 34.7 Å². The summed E-state index contributed by atoms with van der Waals surface area (Å²) in [5.74, 6) is 4.44. The molecule has 6 N–H and O–H groups in total. The van der Waals surface area contributed by atoms with E-state index in [1.807, 2.05) is 12.1 Å². The Hall–Kier alpha value is -3.71. The van der Waals surface area contributed by atoms with E-state index >= 15 is 0 Å². The van der Waals surface area contributed by atoms with Crippen LogP contribution in [0.3, 0.4) is 0 Å². The van der Waals surface area contributed by atoms with Crippen LogP contribution in [0.5, 0.6) is 0 Å². The fourth-order valence-corrected chi connectivity index (χ4v) is 3.09. The van der Waals surface area contributed by atoms with Crippen LogP contribution in [-0.2, 0) is 9.59 Å². The zero-order valence-corrected chi connectivity index (χ0v) is 19.9. The van der Waals surface area contributed by atoms with Gasteiger partial charge in [0.05, 0.1) is 12.6 Å². The Labute approximate surface area is 205 Å². The largest absolute Gasteiger partial charge is 0.391 e. The van der Waals surface area contributed by atoms with Crippen LogP contribution in [0.1, 0.15) is 54.6 Å². The standard InChI is InChI=1S/C26H32N4O5/c1-3-4-5-16-27-17-23(32)28-22-14-10-20(11-15-22)7-6-19-8-12-21(13-9-19)25(33)29-24(18(2)31)26(34)30-35/h8-15,18,24,27,31,35H,3-5,16-17H2,1-2H3,(H,28,32)(H,29,33)(H,30,34)/t18-,24+/m1/s1. The van der Waals surface area contributed by atoms with E-state index in [9.17, 15) is 19.5 Å². The number of carbonyl (C=O) groups is 3. The smallest absolute Gasteiger partial charge is 0.268 e. The molecule has 0 radical (unpaired) electrons. The van der Waals surface area contributed by atoms with Gasteiger partial charge in [0.15, 0.2) is 0 Å². The summed E-state index contributed by atoms with van der Waals surface area (Å²) in [5.41, 5.74) is 3.81. The predicted molar refractivity (Wildman–Crippen MR) is 133 cm³/mol. The Balaban J connectivity index is 1.90. The number of hydrogen-bond acceptors (Lipinski definition) is 6. The summed E-state index contributed by atoms with van der Waals surface area (Å²) < 4.78 is 0. The number of hydroxylamine groups is 1. The van der Waals surface area contributed by atoms with Crippen LogP contribution in [0.2, 0.25) is 0 Å². The molecule has 0 aliphatic heterocycles. The summed E-state index contributed by atoms with van der Waals surface area (Å²) in [4.78, 5) is 35.9. The summed E-state index contributed by atoms with van der Waals surface area (Å²) in [5, 5.41) is 26.7. The van der Waals surface area contributed by atoms with E-state index in [-0.39, 0.29) is 18.0 Å². The highest BCUT2D eigenvalue weighted by molar-refractivity contribution is 5.97. The van der Waals surface area contributed by atoms with Crippen molar-refractivity contribution in [2.75, 3.05) is 18.4 Å². The third kappa shape index (κ3) is 9.59. The number of aliphatic hydroxyl groups excluding tert-OH is 1. The maximum atomic E-state index is 12.3. The lowest BCUT2D eigenvalue weighted by atomic mass is 10.1. The van der Waals surface area contributed by atoms with E-state index in [1.54, 1.807) is 36.4 Å². The lowest BCUT2D eigenvalue weighted by Crippen LogP contribution is -2.51. The van der Waals surface area contributed by atoms with E-state index < -0.39 is 24.0 Å². The number of hydrogen-bond donors (Lipinski definition) is 6. The number of aliphatic hydroxyl groups is 1. The first kappa shape index (κ1) is 27.5. The summed E-state index contributed by atoms with van der Waals surface area (Å²) in [6.07, 6.45) is 2.15. The number of unbranched alkanes of at least 4 members (excludes halogenated alkanes) is 2. The Morgan fingerprint density at radius 1 is 0.943 bits per heavy atom. The van der Waals surface area contributed by atoms with Gasteiger partial charge in [0.25, 0.3) is 11.8 Å². The predicted octanol–water partition coefficient (Wildman–Crippen LogP) is 1.79. The molecule has 3 amide bonds. The normalized spacial score (nSPS) is 12.0. The Morgan fingerprint density at radius 3 is 2.09 bits per heavy atom. The van der Waals surface area contributed by atoms with Gasteiger partial charge in [0, 0.05) is 22.4 Å². The van der Waals surface area contributed by atoms with Gasteiger partial charge in [0.2, 0.25) is 5.91 Å². The van der Waals surface area contributed by atoms with E-state index in [0.29, 0.717) is 11.3 Å². The molecular weight excluding hydrogens is 448 g/mol. The highest BCUT2D eigenvalue weighted by Crippen LogP contribution is 2.10. The van der Waals surface area contributed by atoms with E-state index in [4.69, 9.17) is 5.21 Å². The van der Waals surface area contributed by atoms with Crippen molar-refractivity contribution < 1.29 is 24.7 Å². The van der Waals surface area contributed by atoms with Crippen LogP contribution in [0.25, 0.3) is 0 Å². The first-order chi connectivity index (χ1) is 16.8. The molecule has 0 heterocycles. The molecule has 186 valence electrons. The van der Waals surface area contributed by atoms with Crippen molar-refractivity contribution in [3.8, 4) is 11.8 Å². The van der Waals surface area contributed by atoms with E-state index in [1.165, 1.54) is 12.4 Å². The maximum absolute atomic E-state index is 12.3. The van der Waals surface area contributed by atoms with Gasteiger partial charge >= 0.3 is 0 Å². The molecule has 0 bridgehead atoms. The number of carbonyl (C=O) groups excluding carboxylic acids is 3. The van der Waals surface area contributed by atoms with Crippen LogP contribution in [0.15, 0.2) is 48.5 Å². The van der Waals surface area contributed by atoms with Gasteiger partial charge in [0.1, 0.15) is 6.04 Å². The third-order valence-electron chi connectivity index (χ3n) is 5.07. The summed E-state index contributed by atoms with van der Waals surface area (Å²) in [6, 6.07) is 12.3. The van der Waals surface area contributed by atoms with Gasteiger partial charge in [-0.1, -0.05) is 31.6 Å². The maximum Gasteiger partial charge on any atom is 0.268 e. The molecule has 2 aromatic rings. The molecule has 0 spiro atoms. The van der Waals surface area contributed by atoms with Gasteiger partial charge in [-0.2, -0.15) is 0 Å². The number of rotatable bonds is 11. The second kappa shape index (κ2) is 14.5. The first-order valence-corrected chi connectivity index (χ1v) is 11.5. The van der Waals surface area contributed by atoms with Crippen molar-refractivity contribution in [1.82, 2.24) is 16.1 Å². The SMILES string of the molecule is CCCCCNCC(=O)Nc1ccc(C#Cc2ccc(C(=O)N[C@H](C(=O)NO)[C@@H](C)O)cc2)cc1. The number of anilines is 1. The number of nitrogens with one attached hydrogen (secondary N) is 4. The van der Waals surface area contributed by atoms with Gasteiger partial charge in [-0.25, -0.2) is 5.48 Å². The quantitative estimate of drug-likeness (QED) is 0.125. The Bertz CT molecular complexity index is 1040. The van der Waals surface area contributed by atoms with Gasteiger partial charge in [-0.15, -0.1) is 0 Å². The fraction of sp³-hybridized carbons (Fsp3) is 0.346. The first-order valence-electron chi connectivity index (χ1n) is 11.5. The molecule has 0 saturated heterocycles. The second-order valence-electron chi connectivity index (χ2n) is 8.00. The molecule has 0 saturated carbocycles. The van der Waals surface area contributed by atoms with Crippen LogP contribution in [-0.4, -0.2) is 53.3 Å². The molecule has 0 aliphatic carbocycles. The third-order valence-corrected chi connectivity index (χ3v) is 5.07. The van der Waals surface area contributed by atoms with Gasteiger partial charge in [-0.05, 0) is 68.4 Å². The summed E-state index contributed by atoms with van der Waals surface area (Å²) in [7, 11) is 0. The molecule has 2 rings (SSSR count). The van der Waals surface area contributed by atoms with Crippen molar-refractivity contribution >= 4 is 23.4 Å². The zero-order chi connectivity index (χ0) is 25.6. The summed E-state index contributed by atoms with van der Waals surface area (Å²) in [6.45, 7) is 4.56. The van der Waals surface area contributed by atoms with Crippen LogP contribution in [0.4, 0.5) is 5.69 Å². The lowest BCUT2D eigenvalue weighted by Gasteiger charge is -2.19. The minimum Gasteiger partial charge on any atom is -0.391 e. The molecule has 0 aliphatic rings. The zero-order valence-electron chi connectivity index (χ0n) is 19.9. The number of amides is 3. The van der Waals surface area contributed by atoms with Crippen molar-refractivity contribution in [2.45, 2.75) is 45.3 Å². The van der Waals surface area contributed by atoms with Crippen molar-refractivity contribution in [3.63, 3.8) is 0 Å². The van der Waals surface area contributed by atoms with Crippen LogP contribution in [0, 0.1) is 11.8 Å². The van der Waals surface area contributed by atoms with Crippen molar-refractivity contribution in [3.05, 3.63) is 65.2 Å². The topological polar surface area (TPSA) is 140 Å².